The molecule has 0 aromatic heterocycles. The average Bonchev–Trinajstić information content (AvgIpc) is 3.34. The number of carbonyl (C=O) groups excluding carboxylic acids is 3. The summed E-state index contributed by atoms with van der Waals surface area (Å²) in [6.07, 6.45) is 62.4. The monoisotopic (exact) mass is 961 g/mol. The van der Waals surface area contributed by atoms with Gasteiger partial charge >= 0.3 is 17.9 Å². The molecule has 0 saturated heterocycles. The van der Waals surface area contributed by atoms with E-state index in [0.717, 1.165) is 63.7 Å². The molecule has 0 saturated carbocycles. The zero-order chi connectivity index (χ0) is 49.5. The Morgan fingerprint density at radius 2 is 0.515 bits per heavy atom. The van der Waals surface area contributed by atoms with Crippen LogP contribution < -0.4 is 0 Å². The summed E-state index contributed by atoms with van der Waals surface area (Å²) < 4.78 is 16.9. The third-order valence-electron chi connectivity index (χ3n) is 14.7. The number of carbonyl (C=O) groups is 3. The Kier molecular flexibility index (Phi) is 55.0. The van der Waals surface area contributed by atoms with Crippen molar-refractivity contribution in [1.29, 1.82) is 0 Å². The first kappa shape index (κ1) is 66.4. The van der Waals surface area contributed by atoms with E-state index in [0.29, 0.717) is 19.3 Å². The van der Waals surface area contributed by atoms with Crippen molar-refractivity contribution < 1.29 is 28.6 Å². The highest BCUT2D eigenvalue weighted by molar-refractivity contribution is 5.71. The predicted molar refractivity (Wildman–Crippen MR) is 293 cm³/mol. The van der Waals surface area contributed by atoms with Gasteiger partial charge in [0.2, 0.25) is 0 Å². The SMILES string of the molecule is CCCCCCCCCCCCCCCCCCCC(=O)OC[C@H](COC(=O)CCCCCCCCCCCCC)OC(=O)CCCCCCCCCCCCCCCCCCCCC(C)CC. The number of esters is 3. The summed E-state index contributed by atoms with van der Waals surface area (Å²) in [5.41, 5.74) is 0. The van der Waals surface area contributed by atoms with Crippen LogP contribution in [0.3, 0.4) is 0 Å². The summed E-state index contributed by atoms with van der Waals surface area (Å²) in [4.78, 5) is 38.2. The van der Waals surface area contributed by atoms with Gasteiger partial charge in [-0.05, 0) is 25.2 Å². The first-order valence-electron chi connectivity index (χ1n) is 30.9. The molecule has 68 heavy (non-hydrogen) atoms. The van der Waals surface area contributed by atoms with E-state index in [2.05, 4.69) is 27.7 Å². The molecule has 0 aromatic carbocycles. The van der Waals surface area contributed by atoms with E-state index < -0.39 is 6.10 Å². The topological polar surface area (TPSA) is 78.9 Å². The fraction of sp³-hybridized carbons (Fsp3) is 0.952. The van der Waals surface area contributed by atoms with E-state index >= 15 is 0 Å². The standard InChI is InChI=1S/C62H120O6/c1-5-8-10-12-14-16-18-19-20-23-27-30-34-38-42-46-50-54-61(64)67-57-59(56-66-60(63)53-49-45-41-37-32-17-15-13-11-9-6-2)68-62(65)55-51-47-43-39-35-31-28-25-22-21-24-26-29-33-36-40-44-48-52-58(4)7-3/h58-59H,5-57H2,1-4H3/t58?,59-/m0/s1. The maximum absolute atomic E-state index is 12.9. The molecule has 0 rings (SSSR count). The van der Waals surface area contributed by atoms with Gasteiger partial charge in [-0.2, -0.15) is 0 Å². The lowest BCUT2D eigenvalue weighted by Crippen LogP contribution is -2.30. The number of hydrogen-bond acceptors (Lipinski definition) is 6. The highest BCUT2D eigenvalue weighted by atomic mass is 16.6. The average molecular weight is 962 g/mol. The van der Waals surface area contributed by atoms with Gasteiger partial charge in [0.15, 0.2) is 6.10 Å². The van der Waals surface area contributed by atoms with Gasteiger partial charge in [0, 0.05) is 19.3 Å². The van der Waals surface area contributed by atoms with E-state index in [1.54, 1.807) is 0 Å². The fourth-order valence-electron chi connectivity index (χ4n) is 9.60. The Bertz CT molecular complexity index is 1030. The van der Waals surface area contributed by atoms with Crippen LogP contribution in [0.5, 0.6) is 0 Å². The Morgan fingerprint density at radius 1 is 0.294 bits per heavy atom. The lowest BCUT2D eigenvalue weighted by Gasteiger charge is -2.18. The van der Waals surface area contributed by atoms with Crippen LogP contribution in [0.1, 0.15) is 355 Å². The highest BCUT2D eigenvalue weighted by Gasteiger charge is 2.19. The van der Waals surface area contributed by atoms with E-state index in [1.165, 1.54) is 250 Å². The number of unbranched alkanes of at least 4 members (excludes halogenated alkanes) is 43. The molecular weight excluding hydrogens is 841 g/mol. The van der Waals surface area contributed by atoms with E-state index in [1.807, 2.05) is 0 Å². The van der Waals surface area contributed by atoms with Crippen molar-refractivity contribution in [3.63, 3.8) is 0 Å². The molecule has 1 unspecified atom stereocenters. The van der Waals surface area contributed by atoms with Gasteiger partial charge in [-0.1, -0.05) is 317 Å². The van der Waals surface area contributed by atoms with Crippen molar-refractivity contribution in [2.45, 2.75) is 361 Å². The molecule has 0 radical (unpaired) electrons. The van der Waals surface area contributed by atoms with Crippen LogP contribution in [0.25, 0.3) is 0 Å². The second-order valence-corrected chi connectivity index (χ2v) is 21.6. The van der Waals surface area contributed by atoms with Crippen molar-refractivity contribution in [1.82, 2.24) is 0 Å². The molecule has 2 atom stereocenters. The second-order valence-electron chi connectivity index (χ2n) is 21.6. The fourth-order valence-corrected chi connectivity index (χ4v) is 9.60. The van der Waals surface area contributed by atoms with Gasteiger partial charge in [0.25, 0.3) is 0 Å². The molecule has 0 spiro atoms. The van der Waals surface area contributed by atoms with Gasteiger partial charge in [0.1, 0.15) is 13.2 Å². The third kappa shape index (κ3) is 53.8. The van der Waals surface area contributed by atoms with Gasteiger partial charge in [-0.3, -0.25) is 14.4 Å². The van der Waals surface area contributed by atoms with Crippen molar-refractivity contribution in [3.8, 4) is 0 Å². The first-order valence-corrected chi connectivity index (χ1v) is 30.9. The smallest absolute Gasteiger partial charge is 0.306 e. The van der Waals surface area contributed by atoms with E-state index in [9.17, 15) is 14.4 Å². The molecule has 0 aliphatic heterocycles. The van der Waals surface area contributed by atoms with Crippen molar-refractivity contribution >= 4 is 17.9 Å². The molecule has 6 nitrogen and oxygen atoms in total. The molecule has 0 aliphatic rings. The molecule has 0 bridgehead atoms. The molecule has 0 heterocycles. The molecule has 6 heteroatoms. The number of ether oxygens (including phenoxy) is 3. The maximum Gasteiger partial charge on any atom is 0.306 e. The van der Waals surface area contributed by atoms with Crippen LogP contribution in [-0.4, -0.2) is 37.2 Å². The molecule has 0 aliphatic carbocycles. The molecule has 0 fully saturated rings. The van der Waals surface area contributed by atoms with Gasteiger partial charge in [-0.25, -0.2) is 0 Å². The van der Waals surface area contributed by atoms with Crippen LogP contribution in [0.2, 0.25) is 0 Å². The Labute approximate surface area is 425 Å². The summed E-state index contributed by atoms with van der Waals surface area (Å²) >= 11 is 0. The zero-order valence-corrected chi connectivity index (χ0v) is 46.6. The second kappa shape index (κ2) is 56.3. The summed E-state index contributed by atoms with van der Waals surface area (Å²) in [7, 11) is 0. The van der Waals surface area contributed by atoms with Crippen LogP contribution in [0.15, 0.2) is 0 Å². The van der Waals surface area contributed by atoms with Gasteiger partial charge in [0.05, 0.1) is 0 Å². The largest absolute Gasteiger partial charge is 0.462 e. The minimum Gasteiger partial charge on any atom is -0.462 e. The van der Waals surface area contributed by atoms with Crippen LogP contribution >= 0.6 is 0 Å². The first-order chi connectivity index (χ1) is 33.4. The van der Waals surface area contributed by atoms with Crippen molar-refractivity contribution in [2.24, 2.45) is 5.92 Å². The Morgan fingerprint density at radius 3 is 0.765 bits per heavy atom. The number of hydrogen-bond donors (Lipinski definition) is 0. The Hall–Kier alpha value is -1.59. The van der Waals surface area contributed by atoms with Gasteiger partial charge in [-0.15, -0.1) is 0 Å². The summed E-state index contributed by atoms with van der Waals surface area (Å²) in [5.74, 6) is 0.0774. The van der Waals surface area contributed by atoms with Crippen LogP contribution in [0.4, 0.5) is 0 Å². The summed E-state index contributed by atoms with van der Waals surface area (Å²) in [5, 5.41) is 0. The normalized spacial score (nSPS) is 12.4. The van der Waals surface area contributed by atoms with Crippen molar-refractivity contribution in [3.05, 3.63) is 0 Å². The quantitative estimate of drug-likeness (QED) is 0.0343. The van der Waals surface area contributed by atoms with E-state index in [4.69, 9.17) is 14.2 Å². The Balaban J connectivity index is 4.22. The molecule has 0 N–H and O–H groups in total. The lowest BCUT2D eigenvalue weighted by atomic mass is 9.99. The number of rotatable bonds is 57. The molecule has 0 aromatic rings. The minimum atomic E-state index is -0.762. The zero-order valence-electron chi connectivity index (χ0n) is 46.6. The van der Waals surface area contributed by atoms with Gasteiger partial charge < -0.3 is 14.2 Å². The molecule has 0 amide bonds. The summed E-state index contributed by atoms with van der Waals surface area (Å²) in [6.45, 7) is 9.11. The van der Waals surface area contributed by atoms with E-state index in [-0.39, 0.29) is 31.1 Å². The molecular formula is C62H120O6. The molecule has 404 valence electrons. The third-order valence-corrected chi connectivity index (χ3v) is 14.7. The summed E-state index contributed by atoms with van der Waals surface area (Å²) in [6, 6.07) is 0. The predicted octanol–water partition coefficient (Wildman–Crippen LogP) is 20.6. The maximum atomic E-state index is 12.9. The van der Waals surface area contributed by atoms with Crippen LogP contribution in [0, 0.1) is 5.92 Å². The van der Waals surface area contributed by atoms with Crippen LogP contribution in [-0.2, 0) is 28.6 Å². The highest BCUT2D eigenvalue weighted by Crippen LogP contribution is 2.19. The van der Waals surface area contributed by atoms with Crippen molar-refractivity contribution in [2.75, 3.05) is 13.2 Å². The lowest BCUT2D eigenvalue weighted by molar-refractivity contribution is -0.167. The minimum absolute atomic E-state index is 0.0614.